The molecule has 0 saturated heterocycles. The molecular weight excluding hydrogens is 263 g/mol. The van der Waals surface area contributed by atoms with Crippen molar-refractivity contribution in [1.82, 2.24) is 10.2 Å². The number of hydrogen-bond donors (Lipinski definition) is 1. The van der Waals surface area contributed by atoms with Crippen molar-refractivity contribution in [2.45, 2.75) is 13.0 Å². The molecule has 0 aliphatic rings. The van der Waals surface area contributed by atoms with Gasteiger partial charge in [-0.2, -0.15) is 11.8 Å². The van der Waals surface area contributed by atoms with Crippen LogP contribution in [0.25, 0.3) is 0 Å². The molecule has 0 aromatic heterocycles. The number of likely N-dealkylation sites (N-methyl/N-ethyl adjacent to an activating group) is 1. The van der Waals surface area contributed by atoms with E-state index in [0.29, 0.717) is 12.1 Å². The second kappa shape index (κ2) is 8.17. The Kier molecular flexibility index (Phi) is 6.87. The van der Waals surface area contributed by atoms with E-state index in [1.54, 1.807) is 49.0 Å². The molecule has 0 heterocycles. The van der Waals surface area contributed by atoms with Gasteiger partial charge in [-0.1, -0.05) is 25.1 Å². The maximum Gasteiger partial charge on any atom is 0.242 e. The summed E-state index contributed by atoms with van der Waals surface area (Å²) in [6.45, 7) is 2.69. The number of benzene rings is 1. The van der Waals surface area contributed by atoms with Crippen LogP contribution in [0, 0.1) is 5.82 Å². The third kappa shape index (κ3) is 4.84. The fourth-order valence-corrected chi connectivity index (χ4v) is 2.37. The number of hydrogen-bond acceptors (Lipinski definition) is 3. The van der Waals surface area contributed by atoms with Crippen LogP contribution in [-0.2, 0) is 4.79 Å². The molecule has 0 saturated carbocycles. The third-order valence-corrected chi connectivity index (χ3v) is 3.62. The van der Waals surface area contributed by atoms with Crippen LogP contribution in [0.3, 0.4) is 0 Å². The number of nitrogens with zero attached hydrogens (tertiary/aromatic N) is 1. The van der Waals surface area contributed by atoms with Gasteiger partial charge in [0.2, 0.25) is 5.91 Å². The van der Waals surface area contributed by atoms with Crippen molar-refractivity contribution in [1.29, 1.82) is 0 Å². The SMILES string of the molecule is CCSCCNC(=O)C(c1ccccc1F)N(C)C. The molecule has 3 nitrogen and oxygen atoms in total. The fourth-order valence-electron chi connectivity index (χ4n) is 1.84. The minimum Gasteiger partial charge on any atom is -0.354 e. The second-order valence-corrected chi connectivity index (χ2v) is 5.77. The van der Waals surface area contributed by atoms with E-state index >= 15 is 0 Å². The monoisotopic (exact) mass is 284 g/mol. The van der Waals surface area contributed by atoms with Crippen molar-refractivity contribution in [2.24, 2.45) is 0 Å². The zero-order valence-corrected chi connectivity index (χ0v) is 12.5. The Hall–Kier alpha value is -1.07. The first-order valence-electron chi connectivity index (χ1n) is 6.34. The van der Waals surface area contributed by atoms with Gasteiger partial charge in [-0.15, -0.1) is 0 Å². The second-order valence-electron chi connectivity index (χ2n) is 4.38. The van der Waals surface area contributed by atoms with Gasteiger partial charge in [-0.25, -0.2) is 4.39 Å². The van der Waals surface area contributed by atoms with Crippen molar-refractivity contribution in [2.75, 3.05) is 32.1 Å². The highest BCUT2D eigenvalue weighted by molar-refractivity contribution is 7.99. The maximum absolute atomic E-state index is 13.8. The first-order chi connectivity index (χ1) is 9.07. The minimum absolute atomic E-state index is 0.160. The lowest BCUT2D eigenvalue weighted by Gasteiger charge is -2.24. The summed E-state index contributed by atoms with van der Waals surface area (Å²) in [4.78, 5) is 13.9. The van der Waals surface area contributed by atoms with E-state index in [1.807, 2.05) is 0 Å². The summed E-state index contributed by atoms with van der Waals surface area (Å²) >= 11 is 1.77. The molecule has 5 heteroatoms. The molecule has 1 unspecified atom stereocenters. The Bertz CT molecular complexity index is 412. The smallest absolute Gasteiger partial charge is 0.242 e. The van der Waals surface area contributed by atoms with Crippen molar-refractivity contribution in [3.63, 3.8) is 0 Å². The zero-order chi connectivity index (χ0) is 14.3. The lowest BCUT2D eigenvalue weighted by Crippen LogP contribution is -2.38. The van der Waals surface area contributed by atoms with Crippen LogP contribution in [0.1, 0.15) is 18.5 Å². The molecule has 0 fully saturated rings. The molecule has 0 spiro atoms. The van der Waals surface area contributed by atoms with Crippen molar-refractivity contribution >= 4 is 17.7 Å². The molecule has 1 rings (SSSR count). The summed E-state index contributed by atoms with van der Waals surface area (Å²) in [6, 6.07) is 5.82. The van der Waals surface area contributed by atoms with Crippen LogP contribution in [0.5, 0.6) is 0 Å². The predicted molar refractivity (Wildman–Crippen MR) is 78.8 cm³/mol. The molecule has 0 aliphatic heterocycles. The van der Waals surface area contributed by atoms with E-state index in [2.05, 4.69) is 12.2 Å². The summed E-state index contributed by atoms with van der Waals surface area (Å²) in [5.74, 6) is 1.39. The zero-order valence-electron chi connectivity index (χ0n) is 11.6. The fraction of sp³-hybridized carbons (Fsp3) is 0.500. The van der Waals surface area contributed by atoms with Crippen LogP contribution in [0.4, 0.5) is 4.39 Å². The van der Waals surface area contributed by atoms with Gasteiger partial charge in [-0.3, -0.25) is 9.69 Å². The molecule has 0 radical (unpaired) electrons. The van der Waals surface area contributed by atoms with Crippen molar-refractivity contribution < 1.29 is 9.18 Å². The van der Waals surface area contributed by atoms with Gasteiger partial charge in [0.25, 0.3) is 0 Å². The minimum atomic E-state index is -0.590. The first-order valence-corrected chi connectivity index (χ1v) is 7.49. The molecule has 1 atom stereocenters. The van der Waals surface area contributed by atoms with E-state index in [9.17, 15) is 9.18 Å². The quantitative estimate of drug-likeness (QED) is 0.780. The number of carbonyl (C=O) groups excluding carboxylic acids is 1. The summed E-state index contributed by atoms with van der Waals surface area (Å²) in [5, 5.41) is 2.86. The van der Waals surface area contributed by atoms with Gasteiger partial charge in [0.05, 0.1) is 0 Å². The number of amides is 1. The molecule has 1 N–H and O–H groups in total. The normalized spacial score (nSPS) is 12.5. The Balaban J connectivity index is 2.73. The Labute approximate surface area is 118 Å². The van der Waals surface area contributed by atoms with E-state index in [4.69, 9.17) is 0 Å². The average molecular weight is 284 g/mol. The van der Waals surface area contributed by atoms with E-state index in [-0.39, 0.29) is 11.7 Å². The molecule has 0 bridgehead atoms. The van der Waals surface area contributed by atoms with Crippen LogP contribution >= 0.6 is 11.8 Å². The molecule has 19 heavy (non-hydrogen) atoms. The van der Waals surface area contributed by atoms with Crippen LogP contribution in [0.15, 0.2) is 24.3 Å². The van der Waals surface area contributed by atoms with Gasteiger partial charge in [0.15, 0.2) is 0 Å². The van der Waals surface area contributed by atoms with E-state index < -0.39 is 6.04 Å². The topological polar surface area (TPSA) is 32.3 Å². The summed E-state index contributed by atoms with van der Waals surface area (Å²) in [5.41, 5.74) is 0.410. The molecular formula is C14H21FN2OS. The van der Waals surface area contributed by atoms with Crippen LogP contribution in [0.2, 0.25) is 0 Å². The molecule has 0 aliphatic carbocycles. The lowest BCUT2D eigenvalue weighted by molar-refractivity contribution is -0.125. The van der Waals surface area contributed by atoms with E-state index in [0.717, 1.165) is 11.5 Å². The Morgan fingerprint density at radius 1 is 1.42 bits per heavy atom. The Morgan fingerprint density at radius 3 is 2.68 bits per heavy atom. The third-order valence-electron chi connectivity index (χ3n) is 2.71. The van der Waals surface area contributed by atoms with Gasteiger partial charge < -0.3 is 5.32 Å². The maximum atomic E-state index is 13.8. The molecule has 106 valence electrons. The predicted octanol–water partition coefficient (Wildman–Crippen LogP) is 2.30. The number of nitrogens with one attached hydrogen (secondary N) is 1. The van der Waals surface area contributed by atoms with Crippen LogP contribution in [-0.4, -0.2) is 43.0 Å². The van der Waals surface area contributed by atoms with Gasteiger partial charge >= 0.3 is 0 Å². The number of rotatable bonds is 7. The van der Waals surface area contributed by atoms with E-state index in [1.165, 1.54) is 6.07 Å². The van der Waals surface area contributed by atoms with Gasteiger partial charge in [0, 0.05) is 17.9 Å². The highest BCUT2D eigenvalue weighted by Gasteiger charge is 2.24. The molecule has 1 amide bonds. The number of thioether (sulfide) groups is 1. The average Bonchev–Trinajstić information content (AvgIpc) is 2.37. The summed E-state index contributed by atoms with van der Waals surface area (Å²) in [7, 11) is 3.55. The first kappa shape index (κ1) is 16.0. The van der Waals surface area contributed by atoms with Crippen molar-refractivity contribution in [3.05, 3.63) is 35.6 Å². The Morgan fingerprint density at radius 2 is 2.11 bits per heavy atom. The number of carbonyl (C=O) groups is 1. The highest BCUT2D eigenvalue weighted by Crippen LogP contribution is 2.21. The summed E-state index contributed by atoms with van der Waals surface area (Å²) in [6.07, 6.45) is 0. The van der Waals surface area contributed by atoms with Crippen molar-refractivity contribution in [3.8, 4) is 0 Å². The number of halogens is 1. The standard InChI is InChI=1S/C14H21FN2OS/c1-4-19-10-9-16-14(18)13(17(2)3)11-7-5-6-8-12(11)15/h5-8,13H,4,9-10H2,1-3H3,(H,16,18). The summed E-state index contributed by atoms with van der Waals surface area (Å²) < 4.78 is 13.8. The van der Waals surface area contributed by atoms with Crippen LogP contribution < -0.4 is 5.32 Å². The molecule has 1 aromatic carbocycles. The van der Waals surface area contributed by atoms with Gasteiger partial charge in [0.1, 0.15) is 11.9 Å². The highest BCUT2D eigenvalue weighted by atomic mass is 32.2. The van der Waals surface area contributed by atoms with Gasteiger partial charge in [-0.05, 0) is 25.9 Å². The largest absolute Gasteiger partial charge is 0.354 e. The molecule has 1 aromatic rings. The lowest BCUT2D eigenvalue weighted by atomic mass is 10.0.